The Morgan fingerprint density at radius 2 is 1.62 bits per heavy atom. The molecule has 0 unspecified atom stereocenters. The Morgan fingerprint density at radius 1 is 1.12 bits per heavy atom. The first-order valence-electron chi connectivity index (χ1n) is 4.46. The van der Waals surface area contributed by atoms with Crippen LogP contribution in [0.1, 0.15) is 11.1 Å². The number of alkyl halides is 3. The summed E-state index contributed by atoms with van der Waals surface area (Å²) in [6.07, 6.45) is -4.30. The third-order valence-corrected chi connectivity index (χ3v) is 2.51. The number of ether oxygens (including phenoxy) is 1. The first-order chi connectivity index (χ1) is 6.92. The Balaban J connectivity index is 0.00000128. The normalized spacial score (nSPS) is 18.5. The Labute approximate surface area is 97.0 Å². The van der Waals surface area contributed by atoms with Crippen molar-refractivity contribution in [2.24, 2.45) is 5.73 Å². The number of benzene rings is 1. The molecule has 1 aliphatic heterocycles. The van der Waals surface area contributed by atoms with E-state index in [2.05, 4.69) is 0 Å². The lowest BCUT2D eigenvalue weighted by atomic mass is 9.89. The van der Waals surface area contributed by atoms with E-state index >= 15 is 0 Å². The Morgan fingerprint density at radius 3 is 1.94 bits per heavy atom. The molecule has 0 aliphatic carbocycles. The third-order valence-electron chi connectivity index (χ3n) is 2.51. The summed E-state index contributed by atoms with van der Waals surface area (Å²) in [5.74, 6) is 0. The van der Waals surface area contributed by atoms with Crippen LogP contribution in [0.2, 0.25) is 0 Å². The average Bonchev–Trinajstić information content (AvgIpc) is 2.13. The van der Waals surface area contributed by atoms with Gasteiger partial charge in [-0.3, -0.25) is 0 Å². The fourth-order valence-corrected chi connectivity index (χ4v) is 1.48. The van der Waals surface area contributed by atoms with Crippen molar-refractivity contribution in [2.45, 2.75) is 11.7 Å². The molecule has 0 aromatic heterocycles. The highest BCUT2D eigenvalue weighted by Gasteiger charge is 2.37. The van der Waals surface area contributed by atoms with Crippen molar-refractivity contribution in [3.63, 3.8) is 0 Å². The van der Waals surface area contributed by atoms with E-state index in [1.807, 2.05) is 0 Å². The molecule has 0 radical (unpaired) electrons. The van der Waals surface area contributed by atoms with Crippen LogP contribution in [0.4, 0.5) is 13.2 Å². The molecule has 16 heavy (non-hydrogen) atoms. The topological polar surface area (TPSA) is 35.2 Å². The van der Waals surface area contributed by atoms with Crippen molar-refractivity contribution in [1.29, 1.82) is 0 Å². The quantitative estimate of drug-likeness (QED) is 0.834. The van der Waals surface area contributed by atoms with Crippen LogP contribution in [-0.4, -0.2) is 13.2 Å². The van der Waals surface area contributed by atoms with Crippen LogP contribution in [0.3, 0.4) is 0 Å². The van der Waals surface area contributed by atoms with E-state index in [0.717, 1.165) is 12.1 Å². The van der Waals surface area contributed by atoms with Crippen molar-refractivity contribution < 1.29 is 17.9 Å². The first kappa shape index (κ1) is 13.3. The van der Waals surface area contributed by atoms with Crippen LogP contribution in [0.5, 0.6) is 0 Å². The molecule has 1 aromatic rings. The van der Waals surface area contributed by atoms with Crippen LogP contribution in [0.25, 0.3) is 0 Å². The molecule has 1 aromatic carbocycles. The van der Waals surface area contributed by atoms with Crippen molar-refractivity contribution in [2.75, 3.05) is 13.2 Å². The summed E-state index contributed by atoms with van der Waals surface area (Å²) in [6, 6.07) is 4.90. The Hall–Kier alpha value is -0.780. The highest BCUT2D eigenvalue weighted by atomic mass is 35.5. The van der Waals surface area contributed by atoms with Crippen molar-refractivity contribution in [1.82, 2.24) is 0 Å². The van der Waals surface area contributed by atoms with E-state index in [4.69, 9.17) is 10.5 Å². The van der Waals surface area contributed by atoms with E-state index in [9.17, 15) is 13.2 Å². The summed E-state index contributed by atoms with van der Waals surface area (Å²) >= 11 is 0. The van der Waals surface area contributed by atoms with Crippen LogP contribution in [0, 0.1) is 0 Å². The van der Waals surface area contributed by atoms with E-state index < -0.39 is 17.3 Å². The largest absolute Gasteiger partial charge is 0.416 e. The molecular weight excluding hydrogens is 243 g/mol. The van der Waals surface area contributed by atoms with Gasteiger partial charge in [-0.25, -0.2) is 0 Å². The Kier molecular flexibility index (Phi) is 3.52. The van der Waals surface area contributed by atoms with E-state index in [0.29, 0.717) is 18.8 Å². The minimum Gasteiger partial charge on any atom is -0.377 e. The molecule has 0 spiro atoms. The fourth-order valence-electron chi connectivity index (χ4n) is 1.48. The lowest BCUT2D eigenvalue weighted by molar-refractivity contribution is -0.137. The van der Waals surface area contributed by atoms with Gasteiger partial charge in [0, 0.05) is 0 Å². The molecule has 2 N–H and O–H groups in total. The zero-order chi connectivity index (χ0) is 11.1. The van der Waals surface area contributed by atoms with E-state index in [1.54, 1.807) is 0 Å². The molecule has 6 heteroatoms. The zero-order valence-electron chi connectivity index (χ0n) is 8.25. The summed E-state index contributed by atoms with van der Waals surface area (Å²) < 4.78 is 41.7. The summed E-state index contributed by atoms with van der Waals surface area (Å²) in [5, 5.41) is 0. The van der Waals surface area contributed by atoms with Crippen LogP contribution >= 0.6 is 12.4 Å². The van der Waals surface area contributed by atoms with Crippen molar-refractivity contribution >= 4 is 12.4 Å². The summed E-state index contributed by atoms with van der Waals surface area (Å²) in [7, 11) is 0. The number of nitrogens with two attached hydrogens (primary N) is 1. The van der Waals surface area contributed by atoms with Crippen LogP contribution < -0.4 is 5.73 Å². The van der Waals surface area contributed by atoms with Gasteiger partial charge in [0.05, 0.1) is 24.3 Å². The molecule has 90 valence electrons. The van der Waals surface area contributed by atoms with Gasteiger partial charge in [0.2, 0.25) is 0 Å². The summed E-state index contributed by atoms with van der Waals surface area (Å²) in [5.41, 5.74) is 5.29. The third kappa shape index (κ3) is 2.31. The van der Waals surface area contributed by atoms with E-state index in [1.165, 1.54) is 12.1 Å². The van der Waals surface area contributed by atoms with Gasteiger partial charge < -0.3 is 10.5 Å². The minimum atomic E-state index is -4.30. The molecule has 1 heterocycles. The number of hydrogen-bond donors (Lipinski definition) is 1. The second-order valence-corrected chi connectivity index (χ2v) is 3.72. The lowest BCUT2D eigenvalue weighted by Gasteiger charge is -2.38. The molecule has 0 amide bonds. The van der Waals surface area contributed by atoms with Crippen LogP contribution in [0.15, 0.2) is 24.3 Å². The maximum Gasteiger partial charge on any atom is 0.416 e. The smallest absolute Gasteiger partial charge is 0.377 e. The Bertz CT molecular complexity index is 359. The van der Waals surface area contributed by atoms with Crippen LogP contribution in [-0.2, 0) is 16.5 Å². The fraction of sp³-hybridized carbons (Fsp3) is 0.400. The van der Waals surface area contributed by atoms with Crippen molar-refractivity contribution in [3.8, 4) is 0 Å². The molecule has 2 rings (SSSR count). The second kappa shape index (κ2) is 4.24. The number of rotatable bonds is 1. The van der Waals surface area contributed by atoms with Gasteiger partial charge in [-0.05, 0) is 17.7 Å². The number of halogens is 4. The zero-order valence-corrected chi connectivity index (χ0v) is 9.07. The van der Waals surface area contributed by atoms with Gasteiger partial charge >= 0.3 is 6.18 Å². The van der Waals surface area contributed by atoms with Gasteiger partial charge in [0.25, 0.3) is 0 Å². The van der Waals surface area contributed by atoms with Gasteiger partial charge in [-0.2, -0.15) is 13.2 Å². The van der Waals surface area contributed by atoms with Gasteiger partial charge in [0.1, 0.15) is 0 Å². The van der Waals surface area contributed by atoms with Gasteiger partial charge in [0.15, 0.2) is 0 Å². The SMILES string of the molecule is Cl.NC1(c2ccc(C(F)(F)F)cc2)COC1. The molecule has 0 bridgehead atoms. The first-order valence-corrected chi connectivity index (χ1v) is 4.46. The monoisotopic (exact) mass is 253 g/mol. The lowest BCUT2D eigenvalue weighted by Crippen LogP contribution is -2.54. The maximum absolute atomic E-state index is 12.3. The average molecular weight is 254 g/mol. The predicted octanol–water partition coefficient (Wildman–Crippen LogP) is 2.31. The molecule has 0 saturated carbocycles. The maximum atomic E-state index is 12.3. The highest BCUT2D eigenvalue weighted by Crippen LogP contribution is 2.32. The van der Waals surface area contributed by atoms with Gasteiger partial charge in [-0.15, -0.1) is 12.4 Å². The molecule has 1 fully saturated rings. The number of hydrogen-bond acceptors (Lipinski definition) is 2. The summed E-state index contributed by atoms with van der Waals surface area (Å²) in [6.45, 7) is 0.719. The minimum absolute atomic E-state index is 0. The molecular formula is C10H11ClF3NO. The molecule has 1 aliphatic rings. The van der Waals surface area contributed by atoms with Crippen molar-refractivity contribution in [3.05, 3.63) is 35.4 Å². The molecule has 2 nitrogen and oxygen atoms in total. The van der Waals surface area contributed by atoms with E-state index in [-0.39, 0.29) is 12.4 Å². The molecule has 1 saturated heterocycles. The highest BCUT2D eigenvalue weighted by molar-refractivity contribution is 5.85. The molecule has 0 atom stereocenters. The standard InChI is InChI=1S/C10H10F3NO.ClH/c11-10(12,13)8-3-1-7(2-4-8)9(14)5-15-6-9;/h1-4H,5-6,14H2;1H. The second-order valence-electron chi connectivity index (χ2n) is 3.72. The van der Waals surface area contributed by atoms with Gasteiger partial charge in [-0.1, -0.05) is 12.1 Å². The summed E-state index contributed by atoms with van der Waals surface area (Å²) in [4.78, 5) is 0. The predicted molar refractivity (Wildman–Crippen MR) is 55.4 cm³/mol.